The Kier molecular flexibility index (Phi) is 4.79. The number of likely N-dealkylation sites (N-methyl/N-ethyl adjacent to an activating group) is 1. The van der Waals surface area contributed by atoms with Crippen LogP contribution in [0.15, 0.2) is 28.7 Å². The van der Waals surface area contributed by atoms with Crippen molar-refractivity contribution < 1.29 is 9.21 Å². The Labute approximate surface area is 119 Å². The van der Waals surface area contributed by atoms with Gasteiger partial charge < -0.3 is 14.6 Å². The fourth-order valence-corrected chi connectivity index (χ4v) is 2.42. The van der Waals surface area contributed by atoms with Crippen molar-refractivity contribution in [3.63, 3.8) is 0 Å². The van der Waals surface area contributed by atoms with Gasteiger partial charge in [0.1, 0.15) is 11.3 Å². The van der Waals surface area contributed by atoms with Crippen LogP contribution in [0.4, 0.5) is 0 Å². The average Bonchev–Trinajstić information content (AvgIpc) is 2.76. The number of hydrogen-bond donors (Lipinski definition) is 1. The standard InChI is InChI=1S/C16H22N2O2/c1-4-18(5-2)16(19)11-17-10-14-12(3)20-15-9-7-6-8-13(14)15/h6-9,17H,4-5,10-11H2,1-3H3. The molecule has 4 heteroatoms. The molecule has 1 amide bonds. The van der Waals surface area contributed by atoms with E-state index in [-0.39, 0.29) is 5.91 Å². The first-order chi connectivity index (χ1) is 9.67. The minimum atomic E-state index is 0.139. The molecule has 20 heavy (non-hydrogen) atoms. The Bertz CT molecular complexity index is 585. The van der Waals surface area contributed by atoms with Crippen LogP contribution in [0.3, 0.4) is 0 Å². The summed E-state index contributed by atoms with van der Waals surface area (Å²) in [6, 6.07) is 7.98. The van der Waals surface area contributed by atoms with E-state index in [1.165, 1.54) is 0 Å². The number of fused-ring (bicyclic) bond motifs is 1. The van der Waals surface area contributed by atoms with E-state index in [2.05, 4.69) is 11.4 Å². The van der Waals surface area contributed by atoms with Crippen molar-refractivity contribution in [1.82, 2.24) is 10.2 Å². The molecule has 1 N–H and O–H groups in total. The van der Waals surface area contributed by atoms with Crippen molar-refractivity contribution in [3.05, 3.63) is 35.6 Å². The Morgan fingerprint density at radius 3 is 2.65 bits per heavy atom. The number of benzene rings is 1. The summed E-state index contributed by atoms with van der Waals surface area (Å²) in [7, 11) is 0. The van der Waals surface area contributed by atoms with E-state index in [1.807, 2.05) is 43.9 Å². The highest BCUT2D eigenvalue weighted by molar-refractivity contribution is 5.82. The number of rotatable bonds is 6. The Morgan fingerprint density at radius 1 is 1.25 bits per heavy atom. The Morgan fingerprint density at radius 2 is 1.95 bits per heavy atom. The molecule has 0 atom stereocenters. The van der Waals surface area contributed by atoms with Crippen molar-refractivity contribution in [2.45, 2.75) is 27.3 Å². The Hall–Kier alpha value is -1.81. The topological polar surface area (TPSA) is 45.5 Å². The number of nitrogens with one attached hydrogen (secondary N) is 1. The van der Waals surface area contributed by atoms with E-state index >= 15 is 0 Å². The van der Waals surface area contributed by atoms with Crippen molar-refractivity contribution >= 4 is 16.9 Å². The zero-order valence-electron chi connectivity index (χ0n) is 12.4. The number of carbonyl (C=O) groups is 1. The minimum Gasteiger partial charge on any atom is -0.461 e. The van der Waals surface area contributed by atoms with Gasteiger partial charge in [-0.1, -0.05) is 18.2 Å². The molecule has 4 nitrogen and oxygen atoms in total. The zero-order chi connectivity index (χ0) is 14.5. The molecular weight excluding hydrogens is 252 g/mol. The lowest BCUT2D eigenvalue weighted by Crippen LogP contribution is -2.37. The molecule has 1 aromatic carbocycles. The molecule has 0 bridgehead atoms. The average molecular weight is 274 g/mol. The van der Waals surface area contributed by atoms with Gasteiger partial charge in [-0.05, 0) is 26.8 Å². The molecule has 0 unspecified atom stereocenters. The maximum Gasteiger partial charge on any atom is 0.236 e. The van der Waals surface area contributed by atoms with E-state index < -0.39 is 0 Å². The van der Waals surface area contributed by atoms with Crippen LogP contribution in [0.5, 0.6) is 0 Å². The molecule has 2 aromatic rings. The van der Waals surface area contributed by atoms with Crippen molar-refractivity contribution in [2.24, 2.45) is 0 Å². The minimum absolute atomic E-state index is 0.139. The lowest BCUT2D eigenvalue weighted by Gasteiger charge is -2.18. The van der Waals surface area contributed by atoms with Gasteiger partial charge >= 0.3 is 0 Å². The summed E-state index contributed by atoms with van der Waals surface area (Å²) in [4.78, 5) is 13.7. The van der Waals surface area contributed by atoms with Crippen LogP contribution < -0.4 is 5.32 Å². The van der Waals surface area contributed by atoms with Gasteiger partial charge in [-0.25, -0.2) is 0 Å². The molecule has 0 aliphatic carbocycles. The highest BCUT2D eigenvalue weighted by Crippen LogP contribution is 2.24. The van der Waals surface area contributed by atoms with E-state index in [0.717, 1.165) is 35.4 Å². The second-order valence-electron chi connectivity index (χ2n) is 4.80. The molecule has 1 heterocycles. The summed E-state index contributed by atoms with van der Waals surface area (Å²) in [5, 5.41) is 4.34. The molecule has 108 valence electrons. The predicted molar refractivity (Wildman–Crippen MR) is 80.6 cm³/mol. The molecule has 0 saturated carbocycles. The fourth-order valence-electron chi connectivity index (χ4n) is 2.42. The number of nitrogens with zero attached hydrogens (tertiary/aromatic N) is 1. The first kappa shape index (κ1) is 14.6. The smallest absolute Gasteiger partial charge is 0.236 e. The molecule has 2 rings (SSSR count). The number of furan rings is 1. The third-order valence-corrected chi connectivity index (χ3v) is 3.59. The molecule has 0 saturated heterocycles. The highest BCUT2D eigenvalue weighted by atomic mass is 16.3. The number of amides is 1. The van der Waals surface area contributed by atoms with Gasteiger partial charge in [0.15, 0.2) is 0 Å². The highest BCUT2D eigenvalue weighted by Gasteiger charge is 2.12. The maximum absolute atomic E-state index is 11.9. The van der Waals surface area contributed by atoms with E-state index in [9.17, 15) is 4.79 Å². The van der Waals surface area contributed by atoms with Gasteiger partial charge in [0.05, 0.1) is 6.54 Å². The van der Waals surface area contributed by atoms with Crippen molar-refractivity contribution in [2.75, 3.05) is 19.6 Å². The monoisotopic (exact) mass is 274 g/mol. The van der Waals surface area contributed by atoms with Crippen LogP contribution in [0.2, 0.25) is 0 Å². The van der Waals surface area contributed by atoms with Crippen LogP contribution in [0.25, 0.3) is 11.0 Å². The quantitative estimate of drug-likeness (QED) is 0.881. The lowest BCUT2D eigenvalue weighted by atomic mass is 10.1. The summed E-state index contributed by atoms with van der Waals surface area (Å²) >= 11 is 0. The Balaban J connectivity index is 2.00. The van der Waals surface area contributed by atoms with Gasteiger partial charge in [0.25, 0.3) is 0 Å². The van der Waals surface area contributed by atoms with Gasteiger partial charge in [0, 0.05) is 30.6 Å². The first-order valence-corrected chi connectivity index (χ1v) is 7.12. The van der Waals surface area contributed by atoms with Crippen LogP contribution in [0, 0.1) is 6.92 Å². The summed E-state index contributed by atoms with van der Waals surface area (Å²) in [6.07, 6.45) is 0. The predicted octanol–water partition coefficient (Wildman–Crippen LogP) is 2.70. The first-order valence-electron chi connectivity index (χ1n) is 7.12. The molecule has 0 aliphatic heterocycles. The number of para-hydroxylation sites is 1. The third-order valence-electron chi connectivity index (χ3n) is 3.59. The molecular formula is C16H22N2O2. The molecule has 1 aromatic heterocycles. The van der Waals surface area contributed by atoms with E-state index in [0.29, 0.717) is 13.1 Å². The summed E-state index contributed by atoms with van der Waals surface area (Å²) < 4.78 is 5.71. The second-order valence-corrected chi connectivity index (χ2v) is 4.80. The van der Waals surface area contributed by atoms with E-state index in [1.54, 1.807) is 0 Å². The zero-order valence-corrected chi connectivity index (χ0v) is 12.4. The maximum atomic E-state index is 11.9. The molecule has 0 spiro atoms. The van der Waals surface area contributed by atoms with Crippen molar-refractivity contribution in [3.8, 4) is 0 Å². The molecule has 0 aliphatic rings. The third kappa shape index (κ3) is 3.02. The summed E-state index contributed by atoms with van der Waals surface area (Å²) in [5.74, 6) is 1.05. The molecule has 0 fully saturated rings. The SMILES string of the molecule is CCN(CC)C(=O)CNCc1c(C)oc2ccccc12. The van der Waals surface area contributed by atoms with Crippen molar-refractivity contribution in [1.29, 1.82) is 0 Å². The largest absolute Gasteiger partial charge is 0.461 e. The second kappa shape index (κ2) is 6.57. The van der Waals surface area contributed by atoms with Crippen LogP contribution >= 0.6 is 0 Å². The van der Waals surface area contributed by atoms with Gasteiger partial charge in [-0.15, -0.1) is 0 Å². The van der Waals surface area contributed by atoms with Crippen LogP contribution in [0.1, 0.15) is 25.2 Å². The lowest BCUT2D eigenvalue weighted by molar-refractivity contribution is -0.129. The van der Waals surface area contributed by atoms with E-state index in [4.69, 9.17) is 4.42 Å². The molecule has 0 radical (unpaired) electrons. The van der Waals surface area contributed by atoms with Crippen LogP contribution in [-0.4, -0.2) is 30.4 Å². The summed E-state index contributed by atoms with van der Waals surface area (Å²) in [5.41, 5.74) is 2.03. The van der Waals surface area contributed by atoms with Gasteiger partial charge in [-0.3, -0.25) is 4.79 Å². The normalized spacial score (nSPS) is 10.9. The summed E-state index contributed by atoms with van der Waals surface area (Å²) in [6.45, 7) is 8.47. The number of hydrogen-bond acceptors (Lipinski definition) is 3. The fraction of sp³-hybridized carbons (Fsp3) is 0.438. The number of aryl methyl sites for hydroxylation is 1. The number of carbonyl (C=O) groups excluding carboxylic acids is 1. The van der Waals surface area contributed by atoms with Gasteiger partial charge in [-0.2, -0.15) is 0 Å². The van der Waals surface area contributed by atoms with Crippen LogP contribution in [-0.2, 0) is 11.3 Å². The van der Waals surface area contributed by atoms with Gasteiger partial charge in [0.2, 0.25) is 5.91 Å².